The highest BCUT2D eigenvalue weighted by Gasteiger charge is 2.33. The first-order valence-electron chi connectivity index (χ1n) is 15.5. The molecule has 3 fully saturated rings. The standard InChI is InChI=1S/C27H51N5O2.C3H7N/c1-4-30-18-25(29-3)20-11-15-24(16-12-20)32-27(34)22-9-7-21(8-10-22)26(33)31-23-13-5-19(6-14-23)17-28-2;1-3-4-2/h19-25,28-30H,4-18H2,1-3H3,(H,31,33)(H,32,34);2-3H2,1H3. The van der Waals surface area contributed by atoms with E-state index in [1.807, 2.05) is 14.0 Å². The molecule has 1 unspecified atom stereocenters. The number of nitrogens with zero attached hydrogens (tertiary/aromatic N) is 1. The molecule has 8 nitrogen and oxygen atoms in total. The molecule has 5 N–H and O–H groups in total. The lowest BCUT2D eigenvalue weighted by atomic mass is 9.79. The van der Waals surface area contributed by atoms with Gasteiger partial charge in [0.15, 0.2) is 0 Å². The fraction of sp³-hybridized carbons (Fsp3) is 0.900. The summed E-state index contributed by atoms with van der Waals surface area (Å²) >= 11 is 0. The van der Waals surface area contributed by atoms with Gasteiger partial charge in [-0.2, -0.15) is 0 Å². The first-order valence-corrected chi connectivity index (χ1v) is 15.5. The lowest BCUT2D eigenvalue weighted by Crippen LogP contribution is -2.47. The maximum Gasteiger partial charge on any atom is 0.223 e. The van der Waals surface area contributed by atoms with Gasteiger partial charge in [0.2, 0.25) is 11.8 Å². The number of aliphatic imine (C=N–C) groups is 1. The monoisotopic (exact) mass is 534 g/mol. The number of nitrogens with one attached hydrogen (secondary N) is 5. The highest BCUT2D eigenvalue weighted by molar-refractivity contribution is 5.81. The molecular weight excluding hydrogens is 476 g/mol. The van der Waals surface area contributed by atoms with Crippen molar-refractivity contribution in [2.45, 2.75) is 109 Å². The summed E-state index contributed by atoms with van der Waals surface area (Å²) in [7, 11) is 4.07. The van der Waals surface area contributed by atoms with Crippen LogP contribution in [0.5, 0.6) is 0 Å². The van der Waals surface area contributed by atoms with Crippen molar-refractivity contribution in [2.75, 3.05) is 40.3 Å². The Balaban J connectivity index is 0.00000118. The molecule has 0 aromatic carbocycles. The van der Waals surface area contributed by atoms with Crippen molar-refractivity contribution in [1.29, 1.82) is 0 Å². The predicted octanol–water partition coefficient (Wildman–Crippen LogP) is 3.27. The van der Waals surface area contributed by atoms with Crippen LogP contribution in [0.4, 0.5) is 0 Å². The summed E-state index contributed by atoms with van der Waals surface area (Å²) < 4.78 is 0. The number of hydrogen-bond acceptors (Lipinski definition) is 6. The van der Waals surface area contributed by atoms with Crippen molar-refractivity contribution >= 4 is 18.5 Å². The van der Waals surface area contributed by atoms with Crippen LogP contribution in [0, 0.1) is 23.7 Å². The molecule has 1 atom stereocenters. The molecule has 3 aliphatic rings. The minimum atomic E-state index is 0.0811. The zero-order valence-electron chi connectivity index (χ0n) is 24.8. The summed E-state index contributed by atoms with van der Waals surface area (Å²) in [5.41, 5.74) is 0. The van der Waals surface area contributed by atoms with Gasteiger partial charge in [-0.15, -0.1) is 0 Å². The summed E-state index contributed by atoms with van der Waals surface area (Å²) in [6.45, 7) is 11.3. The van der Waals surface area contributed by atoms with Crippen molar-refractivity contribution in [2.24, 2.45) is 28.7 Å². The lowest BCUT2D eigenvalue weighted by molar-refractivity contribution is -0.131. The van der Waals surface area contributed by atoms with Gasteiger partial charge in [0.25, 0.3) is 0 Å². The molecule has 3 saturated carbocycles. The molecule has 0 aromatic rings. The van der Waals surface area contributed by atoms with Crippen molar-refractivity contribution in [3.8, 4) is 0 Å². The van der Waals surface area contributed by atoms with E-state index in [1.165, 1.54) is 25.7 Å². The number of hydrogen-bond donors (Lipinski definition) is 5. The van der Waals surface area contributed by atoms with Gasteiger partial charge in [-0.1, -0.05) is 6.92 Å². The van der Waals surface area contributed by atoms with Crippen LogP contribution in [0.3, 0.4) is 0 Å². The Morgan fingerprint density at radius 3 is 1.66 bits per heavy atom. The summed E-state index contributed by atoms with van der Waals surface area (Å²) in [4.78, 5) is 29.2. The Kier molecular flexibility index (Phi) is 16.1. The second kappa shape index (κ2) is 18.7. The smallest absolute Gasteiger partial charge is 0.223 e. The average Bonchev–Trinajstić information content (AvgIpc) is 2.95. The quantitative estimate of drug-likeness (QED) is 0.247. The van der Waals surface area contributed by atoms with Crippen LogP contribution in [0.25, 0.3) is 0 Å². The number of likely N-dealkylation sites (N-methyl/N-ethyl adjacent to an activating group) is 2. The maximum atomic E-state index is 12.9. The Morgan fingerprint density at radius 2 is 1.26 bits per heavy atom. The van der Waals surface area contributed by atoms with Gasteiger partial charge < -0.3 is 31.6 Å². The number of carbonyl (C=O) groups is 2. The van der Waals surface area contributed by atoms with E-state index in [4.69, 9.17) is 0 Å². The zero-order chi connectivity index (χ0) is 27.8. The summed E-state index contributed by atoms with van der Waals surface area (Å²) in [6, 6.07) is 1.18. The van der Waals surface area contributed by atoms with Crippen LogP contribution in [-0.4, -0.2) is 76.9 Å². The molecular formula is C30H58N6O2. The minimum absolute atomic E-state index is 0.0811. The van der Waals surface area contributed by atoms with Gasteiger partial charge >= 0.3 is 0 Å². The minimum Gasteiger partial charge on any atom is -0.353 e. The van der Waals surface area contributed by atoms with Crippen LogP contribution in [0.1, 0.15) is 90.9 Å². The number of rotatable bonds is 12. The van der Waals surface area contributed by atoms with Crippen LogP contribution >= 0.6 is 0 Å². The first-order chi connectivity index (χ1) is 18.4. The van der Waals surface area contributed by atoms with Crippen molar-refractivity contribution in [1.82, 2.24) is 26.6 Å². The third-order valence-corrected chi connectivity index (χ3v) is 9.05. The molecule has 3 rings (SSSR count). The number of amides is 2. The molecule has 220 valence electrons. The summed E-state index contributed by atoms with van der Waals surface area (Å²) in [6.07, 6.45) is 12.5. The second-order valence-electron chi connectivity index (χ2n) is 11.7. The second-order valence-corrected chi connectivity index (χ2v) is 11.7. The average molecular weight is 535 g/mol. The van der Waals surface area contributed by atoms with Crippen LogP contribution in [0.2, 0.25) is 0 Å². The molecule has 0 radical (unpaired) electrons. The molecule has 0 spiro atoms. The molecule has 0 aliphatic heterocycles. The lowest BCUT2D eigenvalue weighted by Gasteiger charge is -2.35. The van der Waals surface area contributed by atoms with Crippen LogP contribution < -0.4 is 26.6 Å². The largest absolute Gasteiger partial charge is 0.353 e. The van der Waals surface area contributed by atoms with Crippen LogP contribution in [-0.2, 0) is 9.59 Å². The van der Waals surface area contributed by atoms with E-state index in [0.29, 0.717) is 24.0 Å². The predicted molar refractivity (Wildman–Crippen MR) is 159 cm³/mol. The van der Waals surface area contributed by atoms with Gasteiger partial charge in [0.05, 0.1) is 0 Å². The molecule has 0 bridgehead atoms. The Hall–Kier alpha value is -1.51. The Morgan fingerprint density at radius 1 is 0.789 bits per heavy atom. The highest BCUT2D eigenvalue weighted by Crippen LogP contribution is 2.32. The van der Waals surface area contributed by atoms with Crippen molar-refractivity contribution in [3.05, 3.63) is 0 Å². The zero-order valence-corrected chi connectivity index (χ0v) is 24.8. The molecule has 8 heteroatoms. The van der Waals surface area contributed by atoms with Crippen molar-refractivity contribution < 1.29 is 9.59 Å². The Labute approximate surface area is 232 Å². The first kappa shape index (κ1) is 32.7. The van der Waals surface area contributed by atoms with E-state index in [-0.39, 0.29) is 23.7 Å². The van der Waals surface area contributed by atoms with E-state index in [0.717, 1.165) is 83.5 Å². The molecule has 3 aliphatic carbocycles. The SMILES string of the molecule is C=NCC.CCNCC(NC)C1CCC(NC(=O)C2CCC(C(=O)NC3CCC(CNC)CC3)CC2)CC1. The maximum absolute atomic E-state index is 12.9. The fourth-order valence-corrected chi connectivity index (χ4v) is 6.53. The van der Waals surface area contributed by atoms with Crippen molar-refractivity contribution in [3.63, 3.8) is 0 Å². The highest BCUT2D eigenvalue weighted by atomic mass is 16.2. The molecule has 2 amide bonds. The van der Waals surface area contributed by atoms with E-state index in [1.54, 1.807) is 0 Å². The molecule has 0 aromatic heterocycles. The van der Waals surface area contributed by atoms with Gasteiger partial charge in [-0.05, 0) is 130 Å². The van der Waals surface area contributed by atoms with Gasteiger partial charge in [0.1, 0.15) is 0 Å². The molecule has 0 saturated heterocycles. The van der Waals surface area contributed by atoms with Gasteiger partial charge in [-0.25, -0.2) is 0 Å². The van der Waals surface area contributed by atoms with Crippen LogP contribution in [0.15, 0.2) is 4.99 Å². The summed E-state index contributed by atoms with van der Waals surface area (Å²) in [5, 5.41) is 16.9. The fourth-order valence-electron chi connectivity index (χ4n) is 6.53. The third kappa shape index (κ3) is 11.3. The van der Waals surface area contributed by atoms with E-state index in [9.17, 15) is 9.59 Å². The molecule has 38 heavy (non-hydrogen) atoms. The van der Waals surface area contributed by atoms with E-state index < -0.39 is 0 Å². The summed E-state index contributed by atoms with van der Waals surface area (Å²) in [5.74, 6) is 2.06. The topological polar surface area (TPSA) is 107 Å². The normalized spacial score (nSPS) is 30.3. The third-order valence-electron chi connectivity index (χ3n) is 9.05. The number of carbonyl (C=O) groups excluding carboxylic acids is 2. The van der Waals surface area contributed by atoms with Gasteiger partial charge in [0, 0.05) is 43.1 Å². The Bertz CT molecular complexity index is 666. The van der Waals surface area contributed by atoms with Gasteiger partial charge in [-0.3, -0.25) is 9.59 Å². The van der Waals surface area contributed by atoms with E-state index in [2.05, 4.69) is 52.3 Å². The van der Waals surface area contributed by atoms with E-state index >= 15 is 0 Å². The molecule has 0 heterocycles.